The summed E-state index contributed by atoms with van der Waals surface area (Å²) >= 11 is 0. The fourth-order valence-electron chi connectivity index (χ4n) is 5.04. The van der Waals surface area contributed by atoms with Gasteiger partial charge in [-0.2, -0.15) is 0 Å². The van der Waals surface area contributed by atoms with Crippen LogP contribution in [0.25, 0.3) is 10.8 Å². The van der Waals surface area contributed by atoms with Gasteiger partial charge in [0.15, 0.2) is 0 Å². The van der Waals surface area contributed by atoms with Gasteiger partial charge >= 0.3 is 0 Å². The normalized spacial score (nSPS) is 18.9. The zero-order valence-corrected chi connectivity index (χ0v) is 21.2. The van der Waals surface area contributed by atoms with Crippen LogP contribution in [0.1, 0.15) is 68.3 Å². The van der Waals surface area contributed by atoms with Gasteiger partial charge in [0, 0.05) is 17.2 Å². The van der Waals surface area contributed by atoms with Crippen LogP contribution in [0, 0.1) is 11.3 Å². The maximum atomic E-state index is 12.8. The van der Waals surface area contributed by atoms with Gasteiger partial charge in [-0.25, -0.2) is 0 Å². The number of anilines is 1. The van der Waals surface area contributed by atoms with Crippen LogP contribution in [-0.2, 0) is 9.59 Å². The topological polar surface area (TPSA) is 101 Å². The lowest BCUT2D eigenvalue weighted by Gasteiger charge is -2.32. The lowest BCUT2D eigenvalue weighted by atomic mass is 9.78. The van der Waals surface area contributed by atoms with Crippen molar-refractivity contribution in [3.05, 3.63) is 77.9 Å². The van der Waals surface area contributed by atoms with E-state index in [4.69, 9.17) is 5.73 Å². The number of primary amides is 1. The molecular weight excluding hydrogens is 450 g/mol. The third-order valence-electron chi connectivity index (χ3n) is 7.19. The SMILES string of the molecule is CC(C)(C)[C@H](NC(=O)C1CCC(c2ccc(NC(=O)c3ccc4ccccc4c3)cc2)CC1)C(N)=O. The van der Waals surface area contributed by atoms with Crippen molar-refractivity contribution >= 4 is 34.2 Å². The van der Waals surface area contributed by atoms with E-state index in [1.807, 2.05) is 75.4 Å². The van der Waals surface area contributed by atoms with Crippen molar-refractivity contribution in [2.75, 3.05) is 5.32 Å². The second-order valence-corrected chi connectivity index (χ2v) is 10.9. The lowest BCUT2D eigenvalue weighted by Crippen LogP contribution is -2.53. The fourth-order valence-corrected chi connectivity index (χ4v) is 5.04. The van der Waals surface area contributed by atoms with Gasteiger partial charge in [-0.15, -0.1) is 0 Å². The van der Waals surface area contributed by atoms with Crippen LogP contribution in [0.2, 0.25) is 0 Å². The molecule has 4 N–H and O–H groups in total. The van der Waals surface area contributed by atoms with Crippen LogP contribution in [0.4, 0.5) is 5.69 Å². The van der Waals surface area contributed by atoms with Crippen molar-refractivity contribution in [3.63, 3.8) is 0 Å². The Balaban J connectivity index is 1.32. The number of nitrogens with two attached hydrogens (primary N) is 1. The van der Waals surface area contributed by atoms with Crippen LogP contribution in [0.5, 0.6) is 0 Å². The molecule has 3 aromatic carbocycles. The van der Waals surface area contributed by atoms with Crippen LogP contribution in [0.15, 0.2) is 66.7 Å². The van der Waals surface area contributed by atoms with Crippen molar-refractivity contribution in [1.82, 2.24) is 5.32 Å². The average Bonchev–Trinajstić information content (AvgIpc) is 2.86. The molecule has 0 heterocycles. The molecule has 6 nitrogen and oxygen atoms in total. The summed E-state index contributed by atoms with van der Waals surface area (Å²) in [6.07, 6.45) is 3.34. The molecule has 0 saturated heterocycles. The third kappa shape index (κ3) is 5.93. The highest BCUT2D eigenvalue weighted by molar-refractivity contribution is 6.06. The molecule has 6 heteroatoms. The summed E-state index contributed by atoms with van der Waals surface area (Å²) < 4.78 is 0. The van der Waals surface area contributed by atoms with Crippen molar-refractivity contribution in [2.24, 2.45) is 17.1 Å². The molecule has 1 aliphatic rings. The average molecular weight is 486 g/mol. The monoisotopic (exact) mass is 485 g/mol. The van der Waals surface area contributed by atoms with Gasteiger partial charge < -0.3 is 16.4 Å². The minimum atomic E-state index is -0.680. The molecule has 0 bridgehead atoms. The Morgan fingerprint density at radius 1 is 0.861 bits per heavy atom. The van der Waals surface area contributed by atoms with Crippen LogP contribution in [0.3, 0.4) is 0 Å². The molecule has 1 atom stereocenters. The number of hydrogen-bond acceptors (Lipinski definition) is 3. The van der Waals surface area contributed by atoms with Crippen molar-refractivity contribution in [3.8, 4) is 0 Å². The minimum Gasteiger partial charge on any atom is -0.368 e. The molecule has 3 aromatic rings. The first kappa shape index (κ1) is 25.4. The van der Waals surface area contributed by atoms with Gasteiger partial charge in [-0.3, -0.25) is 14.4 Å². The summed E-state index contributed by atoms with van der Waals surface area (Å²) in [4.78, 5) is 37.3. The highest BCUT2D eigenvalue weighted by atomic mass is 16.2. The molecule has 36 heavy (non-hydrogen) atoms. The van der Waals surface area contributed by atoms with E-state index < -0.39 is 17.4 Å². The first-order valence-corrected chi connectivity index (χ1v) is 12.6. The molecule has 0 radical (unpaired) electrons. The third-order valence-corrected chi connectivity index (χ3v) is 7.19. The fraction of sp³-hybridized carbons (Fsp3) is 0.367. The quantitative estimate of drug-likeness (QED) is 0.437. The summed E-state index contributed by atoms with van der Waals surface area (Å²) in [5.41, 5.74) is 7.68. The Kier molecular flexibility index (Phi) is 7.43. The van der Waals surface area contributed by atoms with Crippen molar-refractivity contribution in [1.29, 1.82) is 0 Å². The van der Waals surface area contributed by atoms with Crippen molar-refractivity contribution in [2.45, 2.75) is 58.4 Å². The molecule has 0 unspecified atom stereocenters. The van der Waals surface area contributed by atoms with Crippen LogP contribution in [-0.4, -0.2) is 23.8 Å². The zero-order valence-electron chi connectivity index (χ0n) is 21.2. The van der Waals surface area contributed by atoms with E-state index in [0.717, 1.165) is 42.1 Å². The Morgan fingerprint density at radius 2 is 1.50 bits per heavy atom. The van der Waals surface area contributed by atoms with E-state index >= 15 is 0 Å². The second kappa shape index (κ2) is 10.5. The summed E-state index contributed by atoms with van der Waals surface area (Å²) in [7, 11) is 0. The number of carbonyl (C=O) groups excluding carboxylic acids is 3. The molecule has 1 saturated carbocycles. The molecule has 188 valence electrons. The smallest absolute Gasteiger partial charge is 0.255 e. The first-order chi connectivity index (χ1) is 17.1. The number of carbonyl (C=O) groups is 3. The van der Waals surface area contributed by atoms with Gasteiger partial charge in [0.1, 0.15) is 6.04 Å². The predicted octanol–water partition coefficient (Wildman–Crippen LogP) is 5.38. The van der Waals surface area contributed by atoms with Crippen LogP contribution >= 0.6 is 0 Å². The van der Waals surface area contributed by atoms with Gasteiger partial charge in [-0.1, -0.05) is 63.2 Å². The van der Waals surface area contributed by atoms with E-state index in [0.29, 0.717) is 11.5 Å². The zero-order chi connectivity index (χ0) is 25.9. The standard InChI is InChI=1S/C30H35N3O3/c1-30(2,3)26(27(31)34)33-28(35)22-11-8-20(9-12-22)21-14-16-25(17-15-21)32-29(36)24-13-10-19-6-4-5-7-23(19)18-24/h4-7,10,13-18,20,22,26H,8-9,11-12H2,1-3H3,(H2,31,34)(H,32,36)(H,33,35)/t20?,22?,26-/m1/s1. The largest absolute Gasteiger partial charge is 0.368 e. The number of amides is 3. The Morgan fingerprint density at radius 3 is 2.11 bits per heavy atom. The minimum absolute atomic E-state index is 0.0843. The molecular formula is C30H35N3O3. The van der Waals surface area contributed by atoms with Gasteiger partial charge in [0.2, 0.25) is 11.8 Å². The molecule has 0 aliphatic heterocycles. The lowest BCUT2D eigenvalue weighted by molar-refractivity contribution is -0.132. The van der Waals surface area contributed by atoms with E-state index in [2.05, 4.69) is 22.8 Å². The highest BCUT2D eigenvalue weighted by Gasteiger charge is 2.34. The highest BCUT2D eigenvalue weighted by Crippen LogP contribution is 2.36. The predicted molar refractivity (Wildman–Crippen MR) is 144 cm³/mol. The number of fused-ring (bicyclic) bond motifs is 1. The van der Waals surface area contributed by atoms with Gasteiger partial charge in [-0.05, 0) is 77.6 Å². The number of benzene rings is 3. The number of hydrogen-bond donors (Lipinski definition) is 3. The second-order valence-electron chi connectivity index (χ2n) is 10.9. The van der Waals surface area contributed by atoms with E-state index in [9.17, 15) is 14.4 Å². The Labute approximate surface area is 212 Å². The molecule has 3 amide bonds. The van der Waals surface area contributed by atoms with E-state index in [1.165, 1.54) is 5.56 Å². The van der Waals surface area contributed by atoms with E-state index in [1.54, 1.807) is 0 Å². The summed E-state index contributed by atoms with van der Waals surface area (Å²) in [6, 6.07) is 21.0. The maximum Gasteiger partial charge on any atom is 0.255 e. The number of rotatable bonds is 6. The number of nitrogens with one attached hydrogen (secondary N) is 2. The summed E-state index contributed by atoms with van der Waals surface area (Å²) in [5.74, 6) is -0.458. The summed E-state index contributed by atoms with van der Waals surface area (Å²) in [6.45, 7) is 5.69. The molecule has 1 fully saturated rings. The van der Waals surface area contributed by atoms with Crippen molar-refractivity contribution < 1.29 is 14.4 Å². The summed E-state index contributed by atoms with van der Waals surface area (Å²) in [5, 5.41) is 8.00. The molecule has 0 spiro atoms. The maximum absolute atomic E-state index is 12.8. The Hall–Kier alpha value is -3.67. The molecule has 0 aromatic heterocycles. The van der Waals surface area contributed by atoms with Gasteiger partial charge in [0.25, 0.3) is 5.91 Å². The van der Waals surface area contributed by atoms with Crippen LogP contribution < -0.4 is 16.4 Å². The molecule has 1 aliphatic carbocycles. The Bertz CT molecular complexity index is 1250. The molecule has 4 rings (SSSR count). The van der Waals surface area contributed by atoms with Gasteiger partial charge in [0.05, 0.1) is 0 Å². The first-order valence-electron chi connectivity index (χ1n) is 12.6. The van der Waals surface area contributed by atoms with E-state index in [-0.39, 0.29) is 17.7 Å².